The van der Waals surface area contributed by atoms with Gasteiger partial charge in [-0.3, -0.25) is 9.78 Å². The summed E-state index contributed by atoms with van der Waals surface area (Å²) in [5, 5.41) is 0. The highest BCUT2D eigenvalue weighted by Gasteiger charge is 2.19. The lowest BCUT2D eigenvalue weighted by Gasteiger charge is -2.33. The van der Waals surface area contributed by atoms with Gasteiger partial charge in [-0.25, -0.2) is 0 Å². The summed E-state index contributed by atoms with van der Waals surface area (Å²) in [6, 6.07) is 3.96. The molecule has 2 heterocycles. The Hall–Kier alpha value is -1.58. The number of hydrogen-bond acceptors (Lipinski definition) is 3. The molecule has 1 aromatic heterocycles. The third-order valence-corrected chi connectivity index (χ3v) is 4.18. The van der Waals surface area contributed by atoms with Crippen molar-refractivity contribution in [3.8, 4) is 0 Å². The maximum atomic E-state index is 12.4. The quantitative estimate of drug-likeness (QED) is 0.835. The molecule has 1 amide bonds. The second kappa shape index (κ2) is 7.43. The Morgan fingerprint density at radius 1 is 1.52 bits per heavy atom. The zero-order valence-corrected chi connectivity index (χ0v) is 13.5. The topological polar surface area (TPSA) is 36.4 Å². The van der Waals surface area contributed by atoms with Gasteiger partial charge in [0.25, 0.3) is 5.91 Å². The molecule has 21 heavy (non-hydrogen) atoms. The van der Waals surface area contributed by atoms with E-state index < -0.39 is 0 Å². The normalized spacial score (nSPS) is 18.6. The van der Waals surface area contributed by atoms with Gasteiger partial charge < -0.3 is 9.80 Å². The van der Waals surface area contributed by atoms with Gasteiger partial charge in [0.1, 0.15) is 5.69 Å². The Balaban J connectivity index is 2.08. The Bertz CT molecular complexity index is 475. The second-order valence-electron chi connectivity index (χ2n) is 6.17. The number of piperidine rings is 1. The van der Waals surface area contributed by atoms with E-state index in [0.717, 1.165) is 44.1 Å². The fraction of sp³-hybridized carbons (Fsp3) is 0.647. The van der Waals surface area contributed by atoms with Crippen LogP contribution in [-0.2, 0) is 0 Å². The molecule has 116 valence electrons. The highest BCUT2D eigenvalue weighted by molar-refractivity contribution is 5.93. The number of unbranched alkanes of at least 4 members (excludes halogenated alkanes) is 1. The lowest BCUT2D eigenvalue weighted by Crippen LogP contribution is -2.34. The maximum absolute atomic E-state index is 12.4. The Morgan fingerprint density at radius 3 is 3.05 bits per heavy atom. The Labute approximate surface area is 128 Å². The first-order valence-electron chi connectivity index (χ1n) is 8.08. The molecule has 1 atom stereocenters. The van der Waals surface area contributed by atoms with E-state index in [0.29, 0.717) is 5.69 Å². The number of pyridine rings is 1. The number of carbonyl (C=O) groups excluding carboxylic acids is 1. The van der Waals surface area contributed by atoms with Gasteiger partial charge in [-0.2, -0.15) is 0 Å². The minimum absolute atomic E-state index is 0.0235. The van der Waals surface area contributed by atoms with Crippen LogP contribution in [0.5, 0.6) is 0 Å². The molecule has 1 saturated heterocycles. The number of hydrogen-bond donors (Lipinski definition) is 0. The molecule has 4 heteroatoms. The number of amides is 1. The molecule has 0 N–H and O–H groups in total. The van der Waals surface area contributed by atoms with Gasteiger partial charge in [0, 0.05) is 38.6 Å². The molecule has 0 saturated carbocycles. The number of nitrogens with zero attached hydrogens (tertiary/aromatic N) is 3. The van der Waals surface area contributed by atoms with E-state index in [1.165, 1.54) is 12.8 Å². The van der Waals surface area contributed by atoms with Crippen LogP contribution in [0.2, 0.25) is 0 Å². The number of aromatic nitrogens is 1. The van der Waals surface area contributed by atoms with Crippen LogP contribution in [0.4, 0.5) is 5.69 Å². The summed E-state index contributed by atoms with van der Waals surface area (Å²) in [6.45, 7) is 7.37. The molecule has 1 aliphatic rings. The van der Waals surface area contributed by atoms with E-state index in [-0.39, 0.29) is 5.91 Å². The van der Waals surface area contributed by atoms with E-state index in [1.807, 2.05) is 19.2 Å². The van der Waals surface area contributed by atoms with Gasteiger partial charge in [0.05, 0.1) is 0 Å². The average molecular weight is 289 g/mol. The van der Waals surface area contributed by atoms with E-state index in [1.54, 1.807) is 11.1 Å². The van der Waals surface area contributed by atoms with Crippen molar-refractivity contribution in [1.82, 2.24) is 9.88 Å². The molecule has 2 rings (SSSR count). The number of rotatable bonds is 5. The zero-order valence-electron chi connectivity index (χ0n) is 13.5. The monoisotopic (exact) mass is 289 g/mol. The van der Waals surface area contributed by atoms with Gasteiger partial charge in [-0.15, -0.1) is 0 Å². The molecule has 1 aliphatic heterocycles. The van der Waals surface area contributed by atoms with Crippen molar-refractivity contribution in [1.29, 1.82) is 0 Å². The molecular formula is C17H27N3O. The first-order chi connectivity index (χ1) is 10.1. The summed E-state index contributed by atoms with van der Waals surface area (Å²) >= 11 is 0. The molecule has 0 aromatic carbocycles. The van der Waals surface area contributed by atoms with Gasteiger partial charge >= 0.3 is 0 Å². The molecule has 0 aliphatic carbocycles. The fourth-order valence-electron chi connectivity index (χ4n) is 2.85. The van der Waals surface area contributed by atoms with Crippen molar-refractivity contribution in [2.45, 2.75) is 39.5 Å². The second-order valence-corrected chi connectivity index (χ2v) is 6.17. The first-order valence-corrected chi connectivity index (χ1v) is 8.08. The third-order valence-electron chi connectivity index (χ3n) is 4.18. The van der Waals surface area contributed by atoms with Crippen molar-refractivity contribution in [3.63, 3.8) is 0 Å². The van der Waals surface area contributed by atoms with Gasteiger partial charge in [0.2, 0.25) is 0 Å². The van der Waals surface area contributed by atoms with Gasteiger partial charge in [0.15, 0.2) is 0 Å². The predicted molar refractivity (Wildman–Crippen MR) is 86.7 cm³/mol. The molecule has 0 radical (unpaired) electrons. The third kappa shape index (κ3) is 4.19. The van der Waals surface area contributed by atoms with Gasteiger partial charge in [-0.1, -0.05) is 20.3 Å². The Kier molecular flexibility index (Phi) is 5.59. The van der Waals surface area contributed by atoms with E-state index in [2.05, 4.69) is 23.7 Å². The van der Waals surface area contributed by atoms with Crippen LogP contribution < -0.4 is 4.90 Å². The standard InChI is InChI=1S/C17H27N3O/c1-4-5-10-19(3)17(21)16-12-15(8-9-18-16)20-11-6-7-14(2)13-20/h8-9,12,14H,4-7,10-11,13H2,1-3H3. The van der Waals surface area contributed by atoms with Crippen LogP contribution in [0.15, 0.2) is 18.3 Å². The molecule has 1 fully saturated rings. The van der Waals surface area contributed by atoms with Crippen LogP contribution in [0.1, 0.15) is 50.0 Å². The van der Waals surface area contributed by atoms with Crippen molar-refractivity contribution < 1.29 is 4.79 Å². The van der Waals surface area contributed by atoms with Crippen LogP contribution in [0.25, 0.3) is 0 Å². The van der Waals surface area contributed by atoms with Crippen LogP contribution in [-0.4, -0.2) is 42.5 Å². The average Bonchev–Trinajstić information content (AvgIpc) is 2.52. The highest BCUT2D eigenvalue weighted by atomic mass is 16.2. The fourth-order valence-corrected chi connectivity index (χ4v) is 2.85. The Morgan fingerprint density at radius 2 is 2.33 bits per heavy atom. The SMILES string of the molecule is CCCCN(C)C(=O)c1cc(N2CCCC(C)C2)ccn1. The maximum Gasteiger partial charge on any atom is 0.272 e. The minimum Gasteiger partial charge on any atom is -0.371 e. The van der Waals surface area contributed by atoms with Crippen LogP contribution >= 0.6 is 0 Å². The predicted octanol–water partition coefficient (Wildman–Crippen LogP) is 3.19. The van der Waals surface area contributed by atoms with E-state index in [4.69, 9.17) is 0 Å². The number of carbonyl (C=O) groups is 1. The molecule has 1 aromatic rings. The van der Waals surface area contributed by atoms with Crippen molar-refractivity contribution >= 4 is 11.6 Å². The smallest absolute Gasteiger partial charge is 0.272 e. The minimum atomic E-state index is 0.0235. The summed E-state index contributed by atoms with van der Waals surface area (Å²) in [5.41, 5.74) is 1.69. The summed E-state index contributed by atoms with van der Waals surface area (Å²) in [7, 11) is 1.86. The van der Waals surface area contributed by atoms with E-state index in [9.17, 15) is 4.79 Å². The highest BCUT2D eigenvalue weighted by Crippen LogP contribution is 2.23. The van der Waals surface area contributed by atoms with Crippen LogP contribution in [0.3, 0.4) is 0 Å². The lowest BCUT2D eigenvalue weighted by atomic mass is 10.00. The summed E-state index contributed by atoms with van der Waals surface area (Å²) in [4.78, 5) is 20.8. The summed E-state index contributed by atoms with van der Waals surface area (Å²) < 4.78 is 0. The molecular weight excluding hydrogens is 262 g/mol. The molecule has 1 unspecified atom stereocenters. The lowest BCUT2D eigenvalue weighted by molar-refractivity contribution is 0.0787. The molecule has 0 spiro atoms. The van der Waals surface area contributed by atoms with Crippen LogP contribution in [0, 0.1) is 5.92 Å². The first kappa shape index (κ1) is 15.8. The summed E-state index contributed by atoms with van der Waals surface area (Å²) in [5.74, 6) is 0.744. The van der Waals surface area contributed by atoms with Crippen molar-refractivity contribution in [2.75, 3.05) is 31.6 Å². The zero-order chi connectivity index (χ0) is 15.2. The summed E-state index contributed by atoms with van der Waals surface area (Å²) in [6.07, 6.45) is 6.41. The molecule has 4 nitrogen and oxygen atoms in total. The number of anilines is 1. The molecule has 0 bridgehead atoms. The largest absolute Gasteiger partial charge is 0.371 e. The van der Waals surface area contributed by atoms with Crippen molar-refractivity contribution in [3.05, 3.63) is 24.0 Å². The van der Waals surface area contributed by atoms with E-state index >= 15 is 0 Å². The van der Waals surface area contributed by atoms with Crippen molar-refractivity contribution in [2.24, 2.45) is 5.92 Å². The van der Waals surface area contributed by atoms with Gasteiger partial charge in [-0.05, 0) is 37.3 Å².